The number of nitrogens with zero attached hydrogens (tertiary/aromatic N) is 4. The van der Waals surface area contributed by atoms with Gasteiger partial charge in [0.2, 0.25) is 32.0 Å². The van der Waals surface area contributed by atoms with Gasteiger partial charge in [0.05, 0.1) is 16.0 Å². The summed E-state index contributed by atoms with van der Waals surface area (Å²) in [4.78, 5) is 33.0. The third kappa shape index (κ3) is 14.4. The highest BCUT2D eigenvalue weighted by atomic mass is 79.9. The Hall–Kier alpha value is -6.68. The summed E-state index contributed by atoms with van der Waals surface area (Å²) in [7, 11) is -5.42. The van der Waals surface area contributed by atoms with Gasteiger partial charge in [-0.15, -0.1) is 17.6 Å². The number of sulfonamides is 2. The fourth-order valence-corrected chi connectivity index (χ4v) is 10.9. The van der Waals surface area contributed by atoms with Crippen molar-refractivity contribution in [3.63, 3.8) is 0 Å². The van der Waals surface area contributed by atoms with Crippen molar-refractivity contribution in [1.29, 1.82) is 0 Å². The lowest BCUT2D eigenvalue weighted by molar-refractivity contribution is -0.287. The van der Waals surface area contributed by atoms with E-state index in [9.17, 15) is 48.4 Å². The molecule has 0 spiro atoms. The molecule has 0 aliphatic carbocycles. The van der Waals surface area contributed by atoms with E-state index in [0.29, 0.717) is 15.6 Å². The maximum absolute atomic E-state index is 15.1. The van der Waals surface area contributed by atoms with E-state index in [-0.39, 0.29) is 65.6 Å². The fraction of sp³-hybridized carbons (Fsp3) is 0.417. The highest BCUT2D eigenvalue weighted by Crippen LogP contribution is 2.46. The molecular formula is C48H56BrF6N7O12S2. The molecule has 0 aromatic heterocycles. The van der Waals surface area contributed by atoms with Crippen molar-refractivity contribution in [2.24, 2.45) is 9.98 Å². The molecule has 4 aliphatic rings. The minimum absolute atomic E-state index is 0. The molecule has 0 unspecified atom stereocenters. The number of nitrogen functional groups attached to an aromatic ring is 1. The Morgan fingerprint density at radius 1 is 0.684 bits per heavy atom. The molecular weight excluding hydrogens is 1120 g/mol. The first-order chi connectivity index (χ1) is 34.3. The molecule has 0 saturated carbocycles. The molecule has 19 nitrogen and oxygen atoms in total. The van der Waals surface area contributed by atoms with E-state index in [0.717, 1.165) is 20.7 Å². The van der Waals surface area contributed by atoms with Gasteiger partial charge in [0.1, 0.15) is 33.9 Å². The highest BCUT2D eigenvalue weighted by Gasteiger charge is 2.47. The number of benzene rings is 4. The second kappa shape index (κ2) is 21.4. The van der Waals surface area contributed by atoms with Crippen LogP contribution in [0.15, 0.2) is 87.3 Å². The van der Waals surface area contributed by atoms with Gasteiger partial charge < -0.3 is 34.2 Å². The summed E-state index contributed by atoms with van der Waals surface area (Å²) in [5, 5.41) is 4.65. The number of halogens is 7. The van der Waals surface area contributed by atoms with Crippen LogP contribution >= 0.6 is 15.9 Å². The first-order valence-electron chi connectivity index (χ1n) is 22.2. The van der Waals surface area contributed by atoms with Crippen LogP contribution in [-0.4, -0.2) is 98.9 Å². The Kier molecular flexibility index (Phi) is 16.9. The van der Waals surface area contributed by atoms with Crippen LogP contribution < -0.4 is 35.3 Å². The molecule has 0 bridgehead atoms. The normalized spacial score (nSPS) is 21.2. The second-order valence-electron chi connectivity index (χ2n) is 19.5. The fourth-order valence-electron chi connectivity index (χ4n) is 7.49. The van der Waals surface area contributed by atoms with Crippen molar-refractivity contribution in [3.8, 4) is 23.0 Å². The summed E-state index contributed by atoms with van der Waals surface area (Å²) in [6.07, 6.45) is -9.06. The van der Waals surface area contributed by atoms with Crippen LogP contribution in [0.2, 0.25) is 0 Å². The minimum atomic E-state index is -4.02. The average Bonchev–Trinajstić information content (AvgIpc) is 3.76. The maximum Gasteiger partial charge on any atom is 0.586 e. The number of nitrogens with two attached hydrogens (primary N) is 1. The van der Waals surface area contributed by atoms with Crippen LogP contribution in [0.1, 0.15) is 85.1 Å². The van der Waals surface area contributed by atoms with Gasteiger partial charge in [-0.1, -0.05) is 37.8 Å². The average molecular weight is 1180 g/mol. The molecule has 0 radical (unpaired) electrons. The number of rotatable bonds is 4. The number of amides is 2. The van der Waals surface area contributed by atoms with Gasteiger partial charge in [0.15, 0.2) is 23.0 Å². The van der Waals surface area contributed by atoms with Crippen LogP contribution in [0.25, 0.3) is 0 Å². The van der Waals surface area contributed by atoms with E-state index >= 15 is 4.39 Å². The molecule has 4 aromatic carbocycles. The summed E-state index contributed by atoms with van der Waals surface area (Å²) in [5.41, 5.74) is 2.09. The van der Waals surface area contributed by atoms with E-state index in [1.54, 1.807) is 59.7 Å². The number of alkyl halides is 4. The molecule has 4 aromatic rings. The van der Waals surface area contributed by atoms with Gasteiger partial charge >= 0.3 is 24.8 Å². The Balaban J connectivity index is 0.000000236. The van der Waals surface area contributed by atoms with Gasteiger partial charge in [-0.2, -0.15) is 0 Å². The lowest BCUT2D eigenvalue weighted by Crippen LogP contribution is -2.54. The third-order valence-electron chi connectivity index (χ3n) is 10.8. The van der Waals surface area contributed by atoms with Crippen molar-refractivity contribution >= 4 is 65.8 Å². The predicted octanol–water partition coefficient (Wildman–Crippen LogP) is 9.29. The molecule has 0 saturated heterocycles. The smallest absolute Gasteiger partial charge is 0.444 e. The number of ether oxygens (including phenoxy) is 6. The maximum atomic E-state index is 15.1. The van der Waals surface area contributed by atoms with Gasteiger partial charge in [0.25, 0.3) is 0 Å². The van der Waals surface area contributed by atoms with Crippen molar-refractivity contribution in [2.75, 3.05) is 31.3 Å². The number of carbonyl (C=O) groups is 2. The SMILES string of the molecule is C.CN1C(NC(=O)OC(C)(C)C)=N[C@](C)(c2cc(Cc3cccc4c3OC(F)(F)O4)ccc2F)CS1(=O)=O.CN1C(NC(=O)OC(C)(C)C)=N[C@](C)(c2cc(N)ccc2F)CS1(=O)=O.FC1(F)Oc2cccc(Br)c2O1. The Morgan fingerprint density at radius 2 is 1.11 bits per heavy atom. The molecule has 2 atom stereocenters. The summed E-state index contributed by atoms with van der Waals surface area (Å²) in [5.74, 6) is -3.17. The standard InChI is InChI=1S/C24H26F3N3O6S.C16H23FN4O4S.C7H3BrF2O2.CH4/c1-22(2,3)36-21(31)28-20-29-23(4,13-37(32,33)30(20)5)16-12-14(9-10-17(16)25)11-15-7-6-8-18-19(15)35-24(26,27)34-18;1-15(2,3)25-14(22)19-13-20-16(4,9-26(23,24)21(13)5)11-8-10(18)6-7-12(11)17;8-4-2-1-3-5-6(4)12-7(9,10)11-5;/h6-10,12H,11,13H2,1-5H3,(H,28,29,31);6-8H,9,18H2,1-5H3,(H,19,20,22);1-3H;1H4/t23-;16-;;/m00../s1. The van der Waals surface area contributed by atoms with Crippen LogP contribution in [0.4, 0.5) is 41.6 Å². The summed E-state index contributed by atoms with van der Waals surface area (Å²) in [6, 6.07) is 16.9. The lowest BCUT2D eigenvalue weighted by Gasteiger charge is -2.36. The van der Waals surface area contributed by atoms with E-state index in [1.807, 2.05) is 0 Å². The van der Waals surface area contributed by atoms with Gasteiger partial charge in [0, 0.05) is 42.9 Å². The summed E-state index contributed by atoms with van der Waals surface area (Å²) in [6.45, 7) is 12.8. The highest BCUT2D eigenvalue weighted by molar-refractivity contribution is 9.10. The largest absolute Gasteiger partial charge is 0.586 e. The van der Waals surface area contributed by atoms with E-state index in [4.69, 9.17) is 15.2 Å². The van der Waals surface area contributed by atoms with Crippen LogP contribution in [-0.2, 0) is 47.0 Å². The number of hydrogen-bond acceptors (Lipinski definition) is 15. The van der Waals surface area contributed by atoms with Crippen molar-refractivity contribution < 1.29 is 81.2 Å². The van der Waals surface area contributed by atoms with E-state index in [1.165, 1.54) is 70.4 Å². The minimum Gasteiger partial charge on any atom is -0.444 e. The van der Waals surface area contributed by atoms with Crippen LogP contribution in [0.5, 0.6) is 23.0 Å². The van der Waals surface area contributed by atoms with Gasteiger partial charge in [-0.25, -0.2) is 53.8 Å². The molecule has 28 heteroatoms. The van der Waals surface area contributed by atoms with Crippen LogP contribution in [0.3, 0.4) is 0 Å². The molecule has 2 amide bonds. The number of aliphatic imine (C=N–C) groups is 2. The number of hydrogen-bond donors (Lipinski definition) is 3. The topological polar surface area (TPSA) is 239 Å². The molecule has 8 rings (SSSR count). The molecule has 4 N–H and O–H groups in total. The number of guanidine groups is 2. The molecule has 76 heavy (non-hydrogen) atoms. The molecule has 4 aliphatic heterocycles. The van der Waals surface area contributed by atoms with E-state index in [2.05, 4.69) is 55.5 Å². The monoisotopic (exact) mass is 1180 g/mol. The summed E-state index contributed by atoms with van der Waals surface area (Å²) >= 11 is 3.06. The van der Waals surface area contributed by atoms with Crippen molar-refractivity contribution in [3.05, 3.63) is 111 Å². The van der Waals surface area contributed by atoms with E-state index < -0.39 is 90.2 Å². The van der Waals surface area contributed by atoms with Gasteiger partial charge in [-0.05, 0) is 119 Å². The first-order valence-corrected chi connectivity index (χ1v) is 26.2. The number of para-hydroxylation sites is 2. The molecule has 0 fully saturated rings. The Morgan fingerprint density at radius 3 is 1.57 bits per heavy atom. The number of anilines is 1. The lowest BCUT2D eigenvalue weighted by atomic mass is 9.91. The number of nitrogens with one attached hydrogen (secondary N) is 2. The zero-order valence-corrected chi connectivity index (χ0v) is 45.0. The first kappa shape index (κ1) is 60.2. The zero-order valence-electron chi connectivity index (χ0n) is 41.8. The number of carbonyl (C=O) groups excluding carboxylic acids is 2. The van der Waals surface area contributed by atoms with Crippen molar-refractivity contribution in [1.82, 2.24) is 19.2 Å². The number of fused-ring (bicyclic) bond motifs is 2. The predicted molar refractivity (Wildman–Crippen MR) is 271 cm³/mol. The second-order valence-corrected chi connectivity index (χ2v) is 24.4. The quantitative estimate of drug-likeness (QED) is 0.128. The third-order valence-corrected chi connectivity index (χ3v) is 15.2. The number of alkyl carbamates (subject to hydrolysis) is 2. The Labute approximate surface area is 443 Å². The Bertz CT molecular complexity index is 3200. The van der Waals surface area contributed by atoms with Gasteiger partial charge in [-0.3, -0.25) is 10.6 Å². The summed E-state index contributed by atoms with van der Waals surface area (Å²) < 4.78 is 162. The zero-order chi connectivity index (χ0) is 56.1. The molecule has 4 heterocycles. The molecule has 416 valence electrons. The van der Waals surface area contributed by atoms with Crippen molar-refractivity contribution in [2.45, 2.75) is 104 Å². The van der Waals surface area contributed by atoms with Crippen LogP contribution in [0, 0.1) is 11.6 Å².